The quantitative estimate of drug-likeness (QED) is 0.865. The van der Waals surface area contributed by atoms with E-state index in [0.29, 0.717) is 0 Å². The second kappa shape index (κ2) is 5.02. The fraction of sp³-hybridized carbons (Fsp3) is 0.400. The van der Waals surface area contributed by atoms with E-state index in [0.717, 1.165) is 48.0 Å². The minimum absolute atomic E-state index is 0.721. The summed E-state index contributed by atoms with van der Waals surface area (Å²) < 4.78 is 1.73. The molecule has 0 unspecified atom stereocenters. The Morgan fingerprint density at radius 3 is 2.90 bits per heavy atom. The van der Waals surface area contributed by atoms with Crippen molar-refractivity contribution in [3.63, 3.8) is 0 Å². The van der Waals surface area contributed by atoms with Gasteiger partial charge in [0.05, 0.1) is 5.69 Å². The summed E-state index contributed by atoms with van der Waals surface area (Å²) in [5.41, 5.74) is 11.4. The van der Waals surface area contributed by atoms with Gasteiger partial charge in [0.1, 0.15) is 5.15 Å². The van der Waals surface area contributed by atoms with Crippen LogP contribution in [0.3, 0.4) is 0 Å². The summed E-state index contributed by atoms with van der Waals surface area (Å²) >= 11 is 6.34. The van der Waals surface area contributed by atoms with Crippen molar-refractivity contribution in [2.75, 3.05) is 17.2 Å². The number of aromatic nitrogens is 2. The molecule has 0 atom stereocenters. The van der Waals surface area contributed by atoms with Gasteiger partial charge in [-0.1, -0.05) is 17.7 Å². The molecule has 106 valence electrons. The Morgan fingerprint density at radius 1 is 1.40 bits per heavy atom. The molecule has 1 aliphatic rings. The van der Waals surface area contributed by atoms with Gasteiger partial charge in [0.25, 0.3) is 0 Å². The van der Waals surface area contributed by atoms with E-state index in [-0.39, 0.29) is 0 Å². The maximum atomic E-state index is 6.34. The van der Waals surface area contributed by atoms with Crippen molar-refractivity contribution in [2.45, 2.75) is 26.3 Å². The molecule has 0 fully saturated rings. The second-order valence-corrected chi connectivity index (χ2v) is 5.75. The van der Waals surface area contributed by atoms with E-state index in [2.05, 4.69) is 22.1 Å². The van der Waals surface area contributed by atoms with Crippen LogP contribution in [0.15, 0.2) is 18.2 Å². The van der Waals surface area contributed by atoms with Gasteiger partial charge in [0, 0.05) is 37.1 Å². The Kier molecular flexibility index (Phi) is 3.34. The van der Waals surface area contributed by atoms with Gasteiger partial charge in [-0.2, -0.15) is 5.10 Å². The smallest absolute Gasteiger partial charge is 0.131 e. The summed E-state index contributed by atoms with van der Waals surface area (Å²) in [5, 5.41) is 5.10. The number of nitrogens with two attached hydrogens (primary N) is 1. The lowest BCUT2D eigenvalue weighted by molar-refractivity contribution is 0.690. The largest absolute Gasteiger partial charge is 0.399 e. The Labute approximate surface area is 124 Å². The number of rotatable bonds is 2. The summed E-state index contributed by atoms with van der Waals surface area (Å²) in [6.07, 6.45) is 2.28. The van der Waals surface area contributed by atoms with Crippen LogP contribution in [0.4, 0.5) is 11.4 Å². The molecule has 5 heteroatoms. The zero-order valence-electron chi connectivity index (χ0n) is 11.9. The molecular formula is C15H19ClN4. The van der Waals surface area contributed by atoms with E-state index in [4.69, 9.17) is 17.3 Å². The molecular weight excluding hydrogens is 272 g/mol. The Hall–Kier alpha value is -1.68. The van der Waals surface area contributed by atoms with Gasteiger partial charge in [-0.3, -0.25) is 4.68 Å². The highest BCUT2D eigenvalue weighted by Crippen LogP contribution is 2.32. The monoisotopic (exact) mass is 290 g/mol. The van der Waals surface area contributed by atoms with Crippen LogP contribution in [0.25, 0.3) is 0 Å². The molecule has 0 amide bonds. The first-order valence-electron chi connectivity index (χ1n) is 6.87. The number of anilines is 2. The zero-order valence-corrected chi connectivity index (χ0v) is 12.6. The van der Waals surface area contributed by atoms with Crippen LogP contribution in [0.5, 0.6) is 0 Å². The van der Waals surface area contributed by atoms with E-state index < -0.39 is 0 Å². The average molecular weight is 291 g/mol. The van der Waals surface area contributed by atoms with Gasteiger partial charge in [-0.25, -0.2) is 0 Å². The highest BCUT2D eigenvalue weighted by Gasteiger charge is 2.20. The highest BCUT2D eigenvalue weighted by molar-refractivity contribution is 6.30. The van der Waals surface area contributed by atoms with Gasteiger partial charge in [-0.15, -0.1) is 0 Å². The predicted molar refractivity (Wildman–Crippen MR) is 83.2 cm³/mol. The van der Waals surface area contributed by atoms with Crippen molar-refractivity contribution in [1.29, 1.82) is 0 Å². The van der Waals surface area contributed by atoms with E-state index in [1.165, 1.54) is 11.3 Å². The third-order valence-corrected chi connectivity index (χ3v) is 4.42. The number of nitrogen functional groups attached to an aromatic ring is 1. The number of benzene rings is 1. The number of hydrogen-bond donors (Lipinski definition) is 1. The molecule has 2 heterocycles. The van der Waals surface area contributed by atoms with Crippen LogP contribution in [-0.2, 0) is 20.0 Å². The van der Waals surface area contributed by atoms with Crippen LogP contribution in [0.2, 0.25) is 5.15 Å². The molecule has 0 saturated carbocycles. The van der Waals surface area contributed by atoms with Gasteiger partial charge in [-0.05, 0) is 37.5 Å². The molecule has 1 aliphatic heterocycles. The standard InChI is InChI=1S/C15H19ClN4/c1-10-13(15(16)19(2)18-10)9-20-7-3-4-11-5-6-12(17)8-14(11)20/h5-6,8H,3-4,7,9,17H2,1-2H3. The maximum Gasteiger partial charge on any atom is 0.131 e. The molecule has 0 radical (unpaired) electrons. The molecule has 2 N–H and O–H groups in total. The van der Waals surface area contributed by atoms with E-state index in [1.807, 2.05) is 20.0 Å². The van der Waals surface area contributed by atoms with Gasteiger partial charge < -0.3 is 10.6 Å². The Balaban J connectivity index is 1.95. The molecule has 0 saturated heterocycles. The number of hydrogen-bond acceptors (Lipinski definition) is 3. The normalized spacial score (nSPS) is 14.4. The number of aryl methyl sites for hydroxylation is 3. The van der Waals surface area contributed by atoms with Gasteiger partial charge in [0.2, 0.25) is 0 Å². The number of fused-ring (bicyclic) bond motifs is 1. The van der Waals surface area contributed by atoms with Crippen molar-refractivity contribution in [3.8, 4) is 0 Å². The van der Waals surface area contributed by atoms with Crippen LogP contribution in [0, 0.1) is 6.92 Å². The molecule has 1 aromatic heterocycles. The minimum Gasteiger partial charge on any atom is -0.399 e. The topological polar surface area (TPSA) is 47.1 Å². The summed E-state index contributed by atoms with van der Waals surface area (Å²) in [6, 6.07) is 6.17. The zero-order chi connectivity index (χ0) is 14.3. The first-order chi connectivity index (χ1) is 9.56. The molecule has 20 heavy (non-hydrogen) atoms. The lowest BCUT2D eigenvalue weighted by Gasteiger charge is -2.31. The fourth-order valence-corrected chi connectivity index (χ4v) is 3.11. The van der Waals surface area contributed by atoms with Crippen molar-refractivity contribution >= 4 is 23.0 Å². The summed E-state index contributed by atoms with van der Waals surface area (Å²) in [7, 11) is 1.88. The van der Waals surface area contributed by atoms with Crippen molar-refractivity contribution in [3.05, 3.63) is 40.2 Å². The molecule has 3 rings (SSSR count). The summed E-state index contributed by atoms with van der Waals surface area (Å²) in [4.78, 5) is 2.35. The van der Waals surface area contributed by atoms with Crippen molar-refractivity contribution in [2.24, 2.45) is 7.05 Å². The minimum atomic E-state index is 0.721. The third-order valence-electron chi connectivity index (χ3n) is 3.94. The van der Waals surface area contributed by atoms with Crippen LogP contribution in [0.1, 0.15) is 23.2 Å². The van der Waals surface area contributed by atoms with Crippen molar-refractivity contribution in [1.82, 2.24) is 9.78 Å². The summed E-state index contributed by atoms with van der Waals surface area (Å²) in [6.45, 7) is 3.82. The average Bonchev–Trinajstić information content (AvgIpc) is 2.66. The molecule has 4 nitrogen and oxygen atoms in total. The Morgan fingerprint density at radius 2 is 2.20 bits per heavy atom. The molecule has 0 bridgehead atoms. The van der Waals surface area contributed by atoms with Crippen LogP contribution < -0.4 is 10.6 Å². The first-order valence-corrected chi connectivity index (χ1v) is 7.25. The highest BCUT2D eigenvalue weighted by atomic mass is 35.5. The predicted octanol–water partition coefficient (Wildman–Crippen LogP) is 2.92. The van der Waals surface area contributed by atoms with E-state index in [1.54, 1.807) is 4.68 Å². The molecule has 0 aliphatic carbocycles. The molecule has 1 aromatic carbocycles. The summed E-state index contributed by atoms with van der Waals surface area (Å²) in [5.74, 6) is 0. The number of nitrogens with zero attached hydrogens (tertiary/aromatic N) is 3. The third kappa shape index (κ3) is 2.24. The lowest BCUT2D eigenvalue weighted by Crippen LogP contribution is -2.29. The molecule has 2 aromatic rings. The SMILES string of the molecule is Cc1nn(C)c(Cl)c1CN1CCCc2ccc(N)cc21. The van der Waals surface area contributed by atoms with Gasteiger partial charge in [0.15, 0.2) is 0 Å². The van der Waals surface area contributed by atoms with E-state index in [9.17, 15) is 0 Å². The lowest BCUT2D eigenvalue weighted by atomic mass is 10.0. The molecule has 0 spiro atoms. The maximum absolute atomic E-state index is 6.34. The van der Waals surface area contributed by atoms with Crippen molar-refractivity contribution < 1.29 is 0 Å². The van der Waals surface area contributed by atoms with Gasteiger partial charge >= 0.3 is 0 Å². The first kappa shape index (κ1) is 13.3. The Bertz CT molecular complexity index is 648. The van der Waals surface area contributed by atoms with Crippen LogP contribution in [-0.4, -0.2) is 16.3 Å². The second-order valence-electron chi connectivity index (χ2n) is 5.39. The number of halogens is 1. The van der Waals surface area contributed by atoms with E-state index >= 15 is 0 Å². The van der Waals surface area contributed by atoms with Crippen LogP contribution >= 0.6 is 11.6 Å². The fourth-order valence-electron chi connectivity index (χ4n) is 2.88.